The molecule has 0 fully saturated rings. The fourth-order valence-corrected chi connectivity index (χ4v) is 0.824. The Morgan fingerprint density at radius 2 is 2.54 bits per heavy atom. The van der Waals surface area contributed by atoms with Crippen LogP contribution in [0.25, 0.3) is 0 Å². The van der Waals surface area contributed by atoms with E-state index in [9.17, 15) is 4.79 Å². The summed E-state index contributed by atoms with van der Waals surface area (Å²) in [5.41, 5.74) is 6.03. The van der Waals surface area contributed by atoms with E-state index in [2.05, 4.69) is 10.5 Å². The zero-order chi connectivity index (χ0) is 9.84. The fraction of sp³-hybridized carbons (Fsp3) is 0.500. The zero-order valence-corrected chi connectivity index (χ0v) is 7.70. The molecule has 1 atom stereocenters. The van der Waals surface area contributed by atoms with E-state index in [0.717, 1.165) is 0 Å². The summed E-state index contributed by atoms with van der Waals surface area (Å²) in [7, 11) is 0. The molecule has 1 heterocycles. The SMILES string of the molecule is Cc1cc(C(=O)N[C@H](C)CN)on1. The minimum atomic E-state index is -0.279. The lowest BCUT2D eigenvalue weighted by Crippen LogP contribution is -2.37. The van der Waals surface area contributed by atoms with E-state index >= 15 is 0 Å². The second-order valence-corrected chi connectivity index (χ2v) is 2.94. The molecule has 0 unspecified atom stereocenters. The summed E-state index contributed by atoms with van der Waals surface area (Å²) < 4.78 is 4.77. The molecule has 1 rings (SSSR count). The van der Waals surface area contributed by atoms with Gasteiger partial charge in [-0.05, 0) is 13.8 Å². The van der Waals surface area contributed by atoms with Gasteiger partial charge in [0.2, 0.25) is 5.76 Å². The maximum Gasteiger partial charge on any atom is 0.290 e. The maximum atomic E-state index is 11.3. The Morgan fingerprint density at radius 3 is 3.00 bits per heavy atom. The molecule has 0 saturated heterocycles. The van der Waals surface area contributed by atoms with Gasteiger partial charge >= 0.3 is 0 Å². The molecule has 0 aliphatic carbocycles. The predicted molar refractivity (Wildman–Crippen MR) is 47.2 cm³/mol. The smallest absolute Gasteiger partial charge is 0.290 e. The first-order valence-corrected chi connectivity index (χ1v) is 4.07. The molecule has 5 nitrogen and oxygen atoms in total. The summed E-state index contributed by atoms with van der Waals surface area (Å²) in [4.78, 5) is 11.3. The van der Waals surface area contributed by atoms with Gasteiger partial charge in [0, 0.05) is 18.7 Å². The van der Waals surface area contributed by atoms with Crippen LogP contribution in [0.15, 0.2) is 10.6 Å². The van der Waals surface area contributed by atoms with Crippen molar-refractivity contribution in [1.29, 1.82) is 0 Å². The summed E-state index contributed by atoms with van der Waals surface area (Å²) >= 11 is 0. The summed E-state index contributed by atoms with van der Waals surface area (Å²) in [6, 6.07) is 1.52. The van der Waals surface area contributed by atoms with Gasteiger partial charge in [-0.2, -0.15) is 0 Å². The Morgan fingerprint density at radius 1 is 1.85 bits per heavy atom. The average molecular weight is 183 g/mol. The van der Waals surface area contributed by atoms with Gasteiger partial charge in [0.1, 0.15) is 0 Å². The van der Waals surface area contributed by atoms with Crippen molar-refractivity contribution in [3.8, 4) is 0 Å². The van der Waals surface area contributed by atoms with Gasteiger partial charge in [-0.3, -0.25) is 4.79 Å². The molecule has 0 bridgehead atoms. The fourth-order valence-electron chi connectivity index (χ4n) is 0.824. The Labute approximate surface area is 76.3 Å². The molecule has 72 valence electrons. The van der Waals surface area contributed by atoms with Gasteiger partial charge in [-0.1, -0.05) is 5.16 Å². The number of nitrogens with two attached hydrogens (primary N) is 1. The quantitative estimate of drug-likeness (QED) is 0.694. The highest BCUT2D eigenvalue weighted by atomic mass is 16.5. The van der Waals surface area contributed by atoms with Crippen LogP contribution in [0.2, 0.25) is 0 Å². The number of carbonyl (C=O) groups is 1. The molecule has 0 aromatic carbocycles. The maximum absolute atomic E-state index is 11.3. The molecular formula is C8H13N3O2. The Kier molecular flexibility index (Phi) is 3.02. The van der Waals surface area contributed by atoms with Gasteiger partial charge in [0.05, 0.1) is 5.69 Å². The van der Waals surface area contributed by atoms with Crippen molar-refractivity contribution in [2.45, 2.75) is 19.9 Å². The van der Waals surface area contributed by atoms with Gasteiger partial charge in [-0.25, -0.2) is 0 Å². The first kappa shape index (κ1) is 9.73. The van der Waals surface area contributed by atoms with Crippen molar-refractivity contribution in [1.82, 2.24) is 10.5 Å². The van der Waals surface area contributed by atoms with Crippen LogP contribution in [0.4, 0.5) is 0 Å². The number of carbonyl (C=O) groups excluding carboxylic acids is 1. The van der Waals surface area contributed by atoms with Crippen LogP contribution in [0.5, 0.6) is 0 Å². The monoisotopic (exact) mass is 183 g/mol. The average Bonchev–Trinajstić information content (AvgIpc) is 2.51. The van der Waals surface area contributed by atoms with E-state index in [1.54, 1.807) is 13.0 Å². The topological polar surface area (TPSA) is 81.2 Å². The van der Waals surface area contributed by atoms with Crippen LogP contribution >= 0.6 is 0 Å². The molecule has 13 heavy (non-hydrogen) atoms. The van der Waals surface area contributed by atoms with Crippen molar-refractivity contribution in [2.24, 2.45) is 5.73 Å². The second-order valence-electron chi connectivity index (χ2n) is 2.94. The molecule has 5 heteroatoms. The van der Waals surface area contributed by atoms with E-state index in [4.69, 9.17) is 10.3 Å². The summed E-state index contributed by atoms with van der Waals surface area (Å²) in [6.07, 6.45) is 0. The molecule has 0 aliphatic heterocycles. The standard InChI is InChI=1S/C8H13N3O2/c1-5-3-7(13-11-5)8(12)10-6(2)4-9/h3,6H,4,9H2,1-2H3,(H,10,12)/t6-/m1/s1. The third-order valence-corrected chi connectivity index (χ3v) is 1.58. The Balaban J connectivity index is 2.58. The van der Waals surface area contributed by atoms with Crippen LogP contribution in [0, 0.1) is 6.92 Å². The Bertz CT molecular complexity index is 295. The van der Waals surface area contributed by atoms with E-state index in [-0.39, 0.29) is 17.7 Å². The highest BCUT2D eigenvalue weighted by Crippen LogP contribution is 2.01. The highest BCUT2D eigenvalue weighted by molar-refractivity contribution is 5.91. The van der Waals surface area contributed by atoms with Crippen LogP contribution in [0.3, 0.4) is 0 Å². The second kappa shape index (κ2) is 4.04. The van der Waals surface area contributed by atoms with Gasteiger partial charge in [0.25, 0.3) is 5.91 Å². The Hall–Kier alpha value is -1.36. The number of amides is 1. The lowest BCUT2D eigenvalue weighted by Gasteiger charge is -2.08. The highest BCUT2D eigenvalue weighted by Gasteiger charge is 2.12. The van der Waals surface area contributed by atoms with Gasteiger partial charge in [0.15, 0.2) is 0 Å². The van der Waals surface area contributed by atoms with E-state index in [0.29, 0.717) is 12.2 Å². The van der Waals surface area contributed by atoms with Crippen molar-refractivity contribution in [3.63, 3.8) is 0 Å². The minimum Gasteiger partial charge on any atom is -0.351 e. The van der Waals surface area contributed by atoms with Crippen LogP contribution in [0.1, 0.15) is 23.2 Å². The largest absolute Gasteiger partial charge is 0.351 e. The molecule has 1 aromatic rings. The molecule has 1 amide bonds. The summed E-state index contributed by atoms with van der Waals surface area (Å²) in [6.45, 7) is 3.98. The molecule has 0 spiro atoms. The first-order chi connectivity index (χ1) is 6.13. The molecule has 0 radical (unpaired) electrons. The number of aryl methyl sites for hydroxylation is 1. The molecule has 0 saturated carbocycles. The van der Waals surface area contributed by atoms with Crippen LogP contribution in [-0.4, -0.2) is 23.7 Å². The van der Waals surface area contributed by atoms with Crippen LogP contribution in [-0.2, 0) is 0 Å². The summed E-state index contributed by atoms with van der Waals surface area (Å²) in [5, 5.41) is 6.27. The van der Waals surface area contributed by atoms with E-state index in [1.807, 2.05) is 6.92 Å². The predicted octanol–water partition coefficient (Wildman–Crippen LogP) is 0.0600. The van der Waals surface area contributed by atoms with Crippen molar-refractivity contribution in [2.75, 3.05) is 6.54 Å². The first-order valence-electron chi connectivity index (χ1n) is 4.07. The third-order valence-electron chi connectivity index (χ3n) is 1.58. The molecule has 1 aromatic heterocycles. The van der Waals surface area contributed by atoms with E-state index < -0.39 is 0 Å². The van der Waals surface area contributed by atoms with Crippen molar-refractivity contribution < 1.29 is 9.32 Å². The lowest BCUT2D eigenvalue weighted by molar-refractivity contribution is 0.0904. The third kappa shape index (κ3) is 2.55. The minimum absolute atomic E-state index is 0.0575. The normalized spacial score (nSPS) is 12.5. The van der Waals surface area contributed by atoms with Crippen molar-refractivity contribution >= 4 is 5.91 Å². The lowest BCUT2D eigenvalue weighted by atomic mass is 10.3. The number of rotatable bonds is 3. The van der Waals surface area contributed by atoms with Crippen LogP contribution < -0.4 is 11.1 Å². The van der Waals surface area contributed by atoms with Gasteiger partial charge < -0.3 is 15.6 Å². The van der Waals surface area contributed by atoms with Crippen molar-refractivity contribution in [3.05, 3.63) is 17.5 Å². The summed E-state index contributed by atoms with van der Waals surface area (Å²) in [5.74, 6) is -0.0589. The zero-order valence-electron chi connectivity index (χ0n) is 7.70. The number of aromatic nitrogens is 1. The molecule has 3 N–H and O–H groups in total. The molecular weight excluding hydrogens is 170 g/mol. The number of nitrogens with one attached hydrogen (secondary N) is 1. The van der Waals surface area contributed by atoms with Gasteiger partial charge in [-0.15, -0.1) is 0 Å². The number of hydrogen-bond donors (Lipinski definition) is 2. The number of hydrogen-bond acceptors (Lipinski definition) is 4. The van der Waals surface area contributed by atoms with E-state index in [1.165, 1.54) is 0 Å². The number of nitrogens with zero attached hydrogens (tertiary/aromatic N) is 1. The molecule has 0 aliphatic rings.